The molecule has 5 heteroatoms. The Morgan fingerprint density at radius 2 is 2.00 bits per heavy atom. The predicted octanol–water partition coefficient (Wildman–Crippen LogP) is 2.82. The lowest BCUT2D eigenvalue weighted by Gasteiger charge is -2.32. The Morgan fingerprint density at radius 3 is 2.67 bits per heavy atom. The monoisotopic (exact) mass is 304 g/mol. The van der Waals surface area contributed by atoms with Crippen LogP contribution in [-0.2, 0) is 5.60 Å². The van der Waals surface area contributed by atoms with E-state index in [0.29, 0.717) is 25.7 Å². The Bertz CT molecular complexity index is 625. The number of anilines is 1. The van der Waals surface area contributed by atoms with Gasteiger partial charge in [0.15, 0.2) is 0 Å². The van der Waals surface area contributed by atoms with Gasteiger partial charge in [0.2, 0.25) is 0 Å². The second-order valence-electron chi connectivity index (χ2n) is 5.92. The number of nitrogen functional groups attached to an aromatic ring is 1. The Hall–Kier alpha value is -1.43. The number of benzene rings is 1. The number of nitrogens with two attached hydrogens (primary N) is 1. The Labute approximate surface area is 128 Å². The fraction of sp³-hybridized carbons (Fsp3) is 0.438. The average molecular weight is 304 g/mol. The van der Waals surface area contributed by atoms with E-state index in [4.69, 9.17) is 5.73 Å². The largest absolute Gasteiger partial charge is 0.399 e. The van der Waals surface area contributed by atoms with E-state index in [1.54, 1.807) is 6.20 Å². The van der Waals surface area contributed by atoms with Crippen LogP contribution in [0.5, 0.6) is 0 Å². The van der Waals surface area contributed by atoms with E-state index in [1.807, 2.05) is 19.1 Å². The molecule has 1 aliphatic carbocycles. The molecule has 0 radical (unpaired) electrons. The molecule has 0 bridgehead atoms. The average Bonchev–Trinajstić information content (AvgIpc) is 2.92. The predicted molar refractivity (Wildman–Crippen MR) is 85.1 cm³/mol. The highest BCUT2D eigenvalue weighted by Gasteiger charge is 2.36. The molecular formula is C16H20N2O2S. The zero-order valence-electron chi connectivity index (χ0n) is 12.0. The van der Waals surface area contributed by atoms with Gasteiger partial charge < -0.3 is 15.9 Å². The van der Waals surface area contributed by atoms with E-state index in [1.165, 1.54) is 11.3 Å². The van der Waals surface area contributed by atoms with Crippen molar-refractivity contribution in [3.63, 3.8) is 0 Å². The maximum Gasteiger partial charge on any atom is 0.125 e. The van der Waals surface area contributed by atoms with E-state index >= 15 is 0 Å². The molecule has 1 saturated carbocycles. The molecule has 112 valence electrons. The molecule has 4 nitrogen and oxygen atoms in total. The molecule has 4 N–H and O–H groups in total. The van der Waals surface area contributed by atoms with Gasteiger partial charge in [0.05, 0.1) is 11.0 Å². The molecule has 0 unspecified atom stereocenters. The molecule has 0 atom stereocenters. The van der Waals surface area contributed by atoms with Crippen LogP contribution in [0.15, 0.2) is 24.4 Å². The van der Waals surface area contributed by atoms with Gasteiger partial charge in [-0.15, -0.1) is 11.3 Å². The molecule has 1 aromatic heterocycles. The van der Waals surface area contributed by atoms with Crippen molar-refractivity contribution >= 4 is 17.0 Å². The molecule has 0 saturated heterocycles. The van der Waals surface area contributed by atoms with Crippen molar-refractivity contribution in [2.24, 2.45) is 0 Å². The highest BCUT2D eigenvalue weighted by Crippen LogP contribution is 2.41. The summed E-state index contributed by atoms with van der Waals surface area (Å²) in [6.07, 6.45) is 3.90. The lowest BCUT2D eigenvalue weighted by Crippen LogP contribution is -2.33. The topological polar surface area (TPSA) is 79.4 Å². The zero-order valence-corrected chi connectivity index (χ0v) is 12.9. The van der Waals surface area contributed by atoms with E-state index in [0.717, 1.165) is 26.7 Å². The fourth-order valence-electron chi connectivity index (χ4n) is 2.87. The Balaban J connectivity index is 1.89. The number of nitrogens with zero attached hydrogens (tertiary/aromatic N) is 1. The summed E-state index contributed by atoms with van der Waals surface area (Å²) in [5, 5.41) is 21.1. The number of aromatic nitrogens is 1. The number of rotatable bonds is 2. The minimum Gasteiger partial charge on any atom is -0.399 e. The van der Waals surface area contributed by atoms with Crippen LogP contribution in [-0.4, -0.2) is 21.3 Å². The molecule has 0 amide bonds. The summed E-state index contributed by atoms with van der Waals surface area (Å²) >= 11 is 1.51. The van der Waals surface area contributed by atoms with Crippen molar-refractivity contribution in [1.82, 2.24) is 4.98 Å². The summed E-state index contributed by atoms with van der Waals surface area (Å²) in [5.41, 5.74) is 7.89. The first kappa shape index (κ1) is 14.5. The first-order valence-corrected chi connectivity index (χ1v) is 8.02. The maximum absolute atomic E-state index is 10.7. The van der Waals surface area contributed by atoms with Gasteiger partial charge >= 0.3 is 0 Å². The van der Waals surface area contributed by atoms with E-state index < -0.39 is 5.60 Å². The number of thiazole rings is 1. The fourth-order valence-corrected chi connectivity index (χ4v) is 3.92. The van der Waals surface area contributed by atoms with Gasteiger partial charge in [0.1, 0.15) is 10.6 Å². The molecular weight excluding hydrogens is 284 g/mol. The Morgan fingerprint density at radius 1 is 1.29 bits per heavy atom. The lowest BCUT2D eigenvalue weighted by molar-refractivity contribution is -0.0362. The van der Waals surface area contributed by atoms with E-state index in [2.05, 4.69) is 11.1 Å². The van der Waals surface area contributed by atoms with Gasteiger partial charge in [-0.25, -0.2) is 4.98 Å². The quantitative estimate of drug-likeness (QED) is 0.745. The van der Waals surface area contributed by atoms with Crippen molar-refractivity contribution in [3.8, 4) is 10.4 Å². The highest BCUT2D eigenvalue weighted by molar-refractivity contribution is 7.15. The molecule has 2 aromatic rings. The van der Waals surface area contributed by atoms with Crippen LogP contribution in [0.1, 0.15) is 36.3 Å². The number of hydrogen-bond acceptors (Lipinski definition) is 5. The summed E-state index contributed by atoms with van der Waals surface area (Å²) in [6.45, 7) is 2.01. The van der Waals surface area contributed by atoms with Crippen LogP contribution in [0.3, 0.4) is 0 Å². The minimum atomic E-state index is -0.891. The first-order chi connectivity index (χ1) is 9.96. The second-order valence-corrected chi connectivity index (χ2v) is 6.96. The van der Waals surface area contributed by atoms with Crippen molar-refractivity contribution in [2.45, 2.75) is 44.3 Å². The summed E-state index contributed by atoms with van der Waals surface area (Å²) in [5.74, 6) is 0. The summed E-state index contributed by atoms with van der Waals surface area (Å²) in [7, 11) is 0. The molecule has 21 heavy (non-hydrogen) atoms. The van der Waals surface area contributed by atoms with Crippen molar-refractivity contribution in [3.05, 3.63) is 35.0 Å². The van der Waals surface area contributed by atoms with Gasteiger partial charge in [-0.2, -0.15) is 0 Å². The van der Waals surface area contributed by atoms with Crippen molar-refractivity contribution in [1.29, 1.82) is 0 Å². The van der Waals surface area contributed by atoms with Crippen LogP contribution in [0.25, 0.3) is 10.4 Å². The molecule has 1 fully saturated rings. The normalized spacial score (nSPS) is 26.0. The number of aliphatic hydroxyl groups excluding tert-OH is 1. The van der Waals surface area contributed by atoms with Crippen LogP contribution in [0, 0.1) is 6.92 Å². The second kappa shape index (κ2) is 5.40. The molecule has 1 heterocycles. The molecule has 0 aliphatic heterocycles. The summed E-state index contributed by atoms with van der Waals surface area (Å²) in [4.78, 5) is 5.43. The van der Waals surface area contributed by atoms with Gasteiger partial charge in [-0.3, -0.25) is 0 Å². The third kappa shape index (κ3) is 2.95. The van der Waals surface area contributed by atoms with E-state index in [9.17, 15) is 10.2 Å². The summed E-state index contributed by atoms with van der Waals surface area (Å²) < 4.78 is 0. The molecule has 1 aliphatic rings. The van der Waals surface area contributed by atoms with Crippen LogP contribution >= 0.6 is 11.3 Å². The number of hydrogen-bond donors (Lipinski definition) is 3. The molecule has 1 aromatic carbocycles. The number of aryl methyl sites for hydroxylation is 1. The van der Waals surface area contributed by atoms with Crippen molar-refractivity contribution in [2.75, 3.05) is 5.73 Å². The SMILES string of the molecule is Cc1cc(N)cc(-c2cnc([C@]3(O)CC[C@H](O)CC3)s2)c1. The van der Waals surface area contributed by atoms with Crippen LogP contribution in [0.2, 0.25) is 0 Å². The smallest absolute Gasteiger partial charge is 0.125 e. The zero-order chi connectivity index (χ0) is 15.0. The van der Waals surface area contributed by atoms with Gasteiger partial charge in [-0.1, -0.05) is 6.07 Å². The first-order valence-electron chi connectivity index (χ1n) is 7.20. The third-order valence-corrected chi connectivity index (χ3v) is 5.31. The van der Waals surface area contributed by atoms with Crippen LogP contribution < -0.4 is 5.73 Å². The standard InChI is InChI=1S/C16H20N2O2S/c1-10-6-11(8-12(17)7-10)14-9-18-15(21-14)16(20)4-2-13(19)3-5-16/h6-9,13,19-20H,2-5,17H2,1H3/t13-,16-. The highest BCUT2D eigenvalue weighted by atomic mass is 32.1. The van der Waals surface area contributed by atoms with E-state index in [-0.39, 0.29) is 6.10 Å². The van der Waals surface area contributed by atoms with Gasteiger partial charge in [0, 0.05) is 11.9 Å². The minimum absolute atomic E-state index is 0.290. The van der Waals surface area contributed by atoms with Gasteiger partial charge in [0.25, 0.3) is 0 Å². The van der Waals surface area contributed by atoms with Crippen LogP contribution in [0.4, 0.5) is 5.69 Å². The lowest BCUT2D eigenvalue weighted by atomic mass is 9.84. The summed E-state index contributed by atoms with van der Waals surface area (Å²) in [6, 6.07) is 5.93. The Kier molecular flexibility index (Phi) is 3.73. The third-order valence-electron chi connectivity index (χ3n) is 4.07. The van der Waals surface area contributed by atoms with Crippen molar-refractivity contribution < 1.29 is 10.2 Å². The maximum atomic E-state index is 10.7. The molecule has 3 rings (SSSR count). The van der Waals surface area contributed by atoms with Gasteiger partial charge in [-0.05, 0) is 55.9 Å². The molecule has 0 spiro atoms. The number of aliphatic hydroxyl groups is 2.